The topological polar surface area (TPSA) is 58.9 Å². The van der Waals surface area contributed by atoms with E-state index in [0.29, 0.717) is 43.5 Å². The van der Waals surface area contributed by atoms with Crippen molar-refractivity contribution in [1.29, 1.82) is 0 Å². The van der Waals surface area contributed by atoms with Gasteiger partial charge < -0.3 is 23.5 Å². The van der Waals surface area contributed by atoms with Gasteiger partial charge in [0.05, 0.1) is 32.1 Å². The molecule has 0 N–H and O–H groups in total. The highest BCUT2D eigenvalue weighted by atomic mass is 16.5. The number of rotatable bonds is 10. The van der Waals surface area contributed by atoms with E-state index in [2.05, 4.69) is 16.7 Å². The van der Waals surface area contributed by atoms with Crippen LogP contribution in [0.25, 0.3) is 22.4 Å². The maximum absolute atomic E-state index is 12.3. The van der Waals surface area contributed by atoms with Gasteiger partial charge in [-0.3, -0.25) is 4.79 Å². The Kier molecular flexibility index (Phi) is 7.15. The molecule has 180 valence electrons. The molecule has 1 aliphatic heterocycles. The minimum atomic E-state index is 0.526. The van der Waals surface area contributed by atoms with Crippen molar-refractivity contribution in [3.05, 3.63) is 47.2 Å². The summed E-state index contributed by atoms with van der Waals surface area (Å²) in [5, 5.41) is 0. The lowest BCUT2D eigenvalue weighted by atomic mass is 9.92. The van der Waals surface area contributed by atoms with E-state index < -0.39 is 0 Å². The number of benzene rings is 2. The number of hydrogen-bond donors (Lipinski definition) is 0. The normalized spacial score (nSPS) is 12.0. The van der Waals surface area contributed by atoms with Crippen molar-refractivity contribution in [2.75, 3.05) is 26.4 Å². The summed E-state index contributed by atoms with van der Waals surface area (Å²) in [6, 6.07) is 10.0. The highest BCUT2D eigenvalue weighted by molar-refractivity contribution is 5.98. The molecule has 0 aliphatic carbocycles. The molecule has 0 fully saturated rings. The van der Waals surface area contributed by atoms with E-state index in [1.807, 2.05) is 52.8 Å². The lowest BCUT2D eigenvalue weighted by Gasteiger charge is -2.24. The molecule has 4 rings (SSSR count). The molecule has 0 radical (unpaired) electrons. The van der Waals surface area contributed by atoms with E-state index in [-0.39, 0.29) is 0 Å². The minimum Gasteiger partial charge on any atom is -0.490 e. The fourth-order valence-electron chi connectivity index (χ4n) is 4.76. The number of fused-ring (bicyclic) bond motifs is 3. The van der Waals surface area contributed by atoms with Crippen molar-refractivity contribution in [2.45, 2.75) is 47.6 Å². The maximum Gasteiger partial charge on any atom is 0.161 e. The Balaban J connectivity index is 1.96. The molecule has 2 heterocycles. The van der Waals surface area contributed by atoms with Gasteiger partial charge in [-0.25, -0.2) is 0 Å². The number of carbonyl (C=O) groups excluding carboxylic acids is 1. The van der Waals surface area contributed by atoms with Gasteiger partial charge in [-0.2, -0.15) is 0 Å². The molecule has 0 spiro atoms. The van der Waals surface area contributed by atoms with Crippen molar-refractivity contribution in [3.8, 4) is 45.4 Å². The summed E-state index contributed by atoms with van der Waals surface area (Å²) < 4.78 is 25.7. The molecule has 0 saturated carbocycles. The van der Waals surface area contributed by atoms with E-state index >= 15 is 0 Å². The van der Waals surface area contributed by atoms with Crippen molar-refractivity contribution in [3.63, 3.8) is 0 Å². The first-order valence-corrected chi connectivity index (χ1v) is 12.1. The first kappa shape index (κ1) is 23.7. The molecule has 6 nitrogen and oxygen atoms in total. The van der Waals surface area contributed by atoms with Crippen LogP contribution < -0.4 is 18.9 Å². The molecule has 34 heavy (non-hydrogen) atoms. The van der Waals surface area contributed by atoms with Gasteiger partial charge >= 0.3 is 0 Å². The molecule has 0 bridgehead atoms. The van der Waals surface area contributed by atoms with Gasteiger partial charge in [0.1, 0.15) is 0 Å². The van der Waals surface area contributed by atoms with E-state index in [4.69, 9.17) is 18.9 Å². The average Bonchev–Trinajstić information content (AvgIpc) is 3.13. The Morgan fingerprint density at radius 1 is 0.824 bits per heavy atom. The van der Waals surface area contributed by atoms with E-state index in [1.54, 1.807) is 0 Å². The molecule has 0 atom stereocenters. The summed E-state index contributed by atoms with van der Waals surface area (Å²) in [5.74, 6) is 2.85. The van der Waals surface area contributed by atoms with Crippen LogP contribution in [0.4, 0.5) is 0 Å². The zero-order valence-electron chi connectivity index (χ0n) is 20.7. The van der Waals surface area contributed by atoms with Crippen LogP contribution in [0.15, 0.2) is 30.3 Å². The monoisotopic (exact) mass is 463 g/mol. The number of ether oxygens (including phenoxy) is 4. The van der Waals surface area contributed by atoms with Gasteiger partial charge in [-0.05, 0) is 76.4 Å². The molecule has 2 aromatic carbocycles. The van der Waals surface area contributed by atoms with Gasteiger partial charge in [-0.15, -0.1) is 0 Å². The SMILES string of the molecule is CCOc1ccc(-c2c(C=O)c(C)n3c2-c2cc(OCC)c(OCC)cc2CC3)cc1OCC. The molecule has 0 saturated heterocycles. The van der Waals surface area contributed by atoms with Crippen LogP contribution in [0, 0.1) is 6.92 Å². The van der Waals surface area contributed by atoms with Crippen molar-refractivity contribution in [2.24, 2.45) is 0 Å². The number of carbonyl (C=O) groups is 1. The van der Waals surface area contributed by atoms with Crippen LogP contribution in [0.5, 0.6) is 23.0 Å². The van der Waals surface area contributed by atoms with Crippen LogP contribution in [-0.2, 0) is 13.0 Å². The molecule has 1 aromatic heterocycles. The Hall–Kier alpha value is -3.41. The average molecular weight is 464 g/mol. The van der Waals surface area contributed by atoms with Gasteiger partial charge in [0.2, 0.25) is 0 Å². The quantitative estimate of drug-likeness (QED) is 0.340. The predicted molar refractivity (Wildman–Crippen MR) is 134 cm³/mol. The third kappa shape index (κ3) is 4.13. The second-order valence-corrected chi connectivity index (χ2v) is 8.09. The summed E-state index contributed by atoms with van der Waals surface area (Å²) in [6.45, 7) is 12.8. The van der Waals surface area contributed by atoms with E-state index in [1.165, 1.54) is 5.56 Å². The first-order chi connectivity index (χ1) is 16.6. The van der Waals surface area contributed by atoms with Gasteiger partial charge in [0.25, 0.3) is 0 Å². The fourth-order valence-corrected chi connectivity index (χ4v) is 4.76. The zero-order valence-corrected chi connectivity index (χ0v) is 20.7. The summed E-state index contributed by atoms with van der Waals surface area (Å²) in [4.78, 5) is 12.3. The molecule has 0 amide bonds. The van der Waals surface area contributed by atoms with Crippen molar-refractivity contribution >= 4 is 6.29 Å². The minimum absolute atomic E-state index is 0.526. The maximum atomic E-state index is 12.3. The number of aldehydes is 1. The van der Waals surface area contributed by atoms with Gasteiger partial charge in [0, 0.05) is 28.9 Å². The van der Waals surface area contributed by atoms with E-state index in [0.717, 1.165) is 58.8 Å². The summed E-state index contributed by atoms with van der Waals surface area (Å²) in [6.07, 6.45) is 1.82. The third-order valence-electron chi connectivity index (χ3n) is 6.15. The standard InChI is InChI=1S/C28H33NO5/c1-6-31-23-11-10-20(15-24(23)32-7-2)27-22(17-30)18(5)29-13-12-19-14-25(33-8-3)26(34-9-4)16-21(19)28(27)29/h10-11,14-17H,6-9,12-13H2,1-5H3. The molecule has 1 aliphatic rings. The zero-order chi connectivity index (χ0) is 24.2. The molecular weight excluding hydrogens is 430 g/mol. The Labute approximate surface area is 201 Å². The number of aromatic nitrogens is 1. The number of nitrogens with zero attached hydrogens (tertiary/aromatic N) is 1. The number of hydrogen-bond acceptors (Lipinski definition) is 5. The smallest absolute Gasteiger partial charge is 0.161 e. The van der Waals surface area contributed by atoms with Crippen LogP contribution in [0.3, 0.4) is 0 Å². The Bertz CT molecular complexity index is 1190. The van der Waals surface area contributed by atoms with Crippen LogP contribution in [0.1, 0.15) is 49.3 Å². The van der Waals surface area contributed by atoms with Crippen LogP contribution in [-0.4, -0.2) is 37.3 Å². The highest BCUT2D eigenvalue weighted by Crippen LogP contribution is 2.47. The third-order valence-corrected chi connectivity index (χ3v) is 6.15. The predicted octanol–water partition coefficient (Wildman–Crippen LogP) is 6.09. The first-order valence-electron chi connectivity index (χ1n) is 12.1. The number of aryl methyl sites for hydroxylation is 1. The second-order valence-electron chi connectivity index (χ2n) is 8.09. The van der Waals surface area contributed by atoms with Crippen molar-refractivity contribution in [1.82, 2.24) is 4.57 Å². The summed E-state index contributed by atoms with van der Waals surface area (Å²) in [5.41, 5.74) is 6.76. The molecule has 0 unspecified atom stereocenters. The summed E-state index contributed by atoms with van der Waals surface area (Å²) in [7, 11) is 0. The van der Waals surface area contributed by atoms with Gasteiger partial charge in [-0.1, -0.05) is 6.07 Å². The van der Waals surface area contributed by atoms with Crippen LogP contribution in [0.2, 0.25) is 0 Å². The van der Waals surface area contributed by atoms with E-state index in [9.17, 15) is 4.79 Å². The lowest BCUT2D eigenvalue weighted by molar-refractivity contribution is 0.112. The molecular formula is C28H33NO5. The lowest BCUT2D eigenvalue weighted by Crippen LogP contribution is -2.13. The highest BCUT2D eigenvalue weighted by Gasteiger charge is 2.29. The Morgan fingerprint density at radius 2 is 1.41 bits per heavy atom. The summed E-state index contributed by atoms with van der Waals surface area (Å²) >= 11 is 0. The molecule has 3 aromatic rings. The fraction of sp³-hybridized carbons (Fsp3) is 0.393. The Morgan fingerprint density at radius 3 is 2.03 bits per heavy atom. The van der Waals surface area contributed by atoms with Crippen molar-refractivity contribution < 1.29 is 23.7 Å². The van der Waals surface area contributed by atoms with Gasteiger partial charge in [0.15, 0.2) is 29.3 Å². The molecule has 6 heteroatoms. The largest absolute Gasteiger partial charge is 0.490 e. The van der Waals surface area contributed by atoms with Crippen LogP contribution >= 0.6 is 0 Å². The second kappa shape index (κ2) is 10.2.